The van der Waals surface area contributed by atoms with Crippen molar-refractivity contribution in [1.82, 2.24) is 10.3 Å². The number of aromatic nitrogens is 1. The van der Waals surface area contributed by atoms with Gasteiger partial charge in [0.2, 0.25) is 5.91 Å². The van der Waals surface area contributed by atoms with Gasteiger partial charge in [0.1, 0.15) is 19.0 Å². The Balaban J connectivity index is 1.13. The van der Waals surface area contributed by atoms with Crippen molar-refractivity contribution in [2.45, 2.75) is 19.4 Å². The van der Waals surface area contributed by atoms with Crippen LogP contribution in [-0.4, -0.2) is 29.9 Å². The second-order valence-electron chi connectivity index (χ2n) is 7.31. The Bertz CT molecular complexity index is 1260. The molecule has 0 aliphatic carbocycles. The van der Waals surface area contributed by atoms with Gasteiger partial charge in [-0.05, 0) is 42.5 Å². The van der Waals surface area contributed by atoms with Crippen molar-refractivity contribution >= 4 is 33.2 Å². The lowest BCUT2D eigenvalue weighted by molar-refractivity contribution is -0.121. The van der Waals surface area contributed by atoms with E-state index in [4.69, 9.17) is 13.9 Å². The number of nitrogens with one attached hydrogen (secondary N) is 1. The Hall–Kier alpha value is -3.65. The summed E-state index contributed by atoms with van der Waals surface area (Å²) < 4.78 is 17.9. The van der Waals surface area contributed by atoms with Crippen molar-refractivity contribution in [3.63, 3.8) is 0 Å². The first-order chi connectivity index (χ1) is 15.7. The standard InChI is InChI=1S/C24H20N2O5S/c27-18(15-5-8-19-21(13-15)30-12-11-29-19)7-10-23(28)25-14-16-6-9-20(31-16)24-26-17-3-1-2-4-22(17)32-24/h1-6,8-9,13H,7,10-12,14H2,(H,25,28). The highest BCUT2D eigenvalue weighted by molar-refractivity contribution is 7.21. The lowest BCUT2D eigenvalue weighted by Crippen LogP contribution is -2.23. The normalized spacial score (nSPS) is 12.6. The van der Waals surface area contributed by atoms with Gasteiger partial charge in [0.15, 0.2) is 28.1 Å². The highest BCUT2D eigenvalue weighted by atomic mass is 32.1. The van der Waals surface area contributed by atoms with Crippen LogP contribution in [0.25, 0.3) is 21.0 Å². The molecule has 2 aromatic heterocycles. The molecule has 1 aliphatic heterocycles. The Kier molecular flexibility index (Phi) is 5.60. The van der Waals surface area contributed by atoms with Crippen LogP contribution in [0.15, 0.2) is 59.0 Å². The van der Waals surface area contributed by atoms with Gasteiger partial charge in [-0.3, -0.25) is 9.59 Å². The van der Waals surface area contributed by atoms with E-state index in [1.807, 2.05) is 36.4 Å². The average molecular weight is 449 g/mol. The third-order valence-electron chi connectivity index (χ3n) is 5.07. The van der Waals surface area contributed by atoms with Gasteiger partial charge in [-0.1, -0.05) is 12.1 Å². The molecule has 2 aromatic carbocycles. The van der Waals surface area contributed by atoms with Gasteiger partial charge in [0, 0.05) is 18.4 Å². The maximum absolute atomic E-state index is 12.4. The number of amides is 1. The third-order valence-corrected chi connectivity index (χ3v) is 6.12. The number of furan rings is 1. The van der Waals surface area contributed by atoms with E-state index < -0.39 is 0 Å². The van der Waals surface area contributed by atoms with Crippen molar-refractivity contribution in [3.8, 4) is 22.3 Å². The molecule has 0 atom stereocenters. The molecule has 0 fully saturated rings. The van der Waals surface area contributed by atoms with Crippen LogP contribution in [0.3, 0.4) is 0 Å². The lowest BCUT2D eigenvalue weighted by Gasteiger charge is -2.18. The van der Waals surface area contributed by atoms with Crippen molar-refractivity contribution in [3.05, 3.63) is 65.9 Å². The molecule has 1 N–H and O–H groups in total. The minimum absolute atomic E-state index is 0.0959. The van der Waals surface area contributed by atoms with Gasteiger partial charge in [-0.25, -0.2) is 4.98 Å². The first-order valence-electron chi connectivity index (χ1n) is 10.3. The number of hydrogen-bond donors (Lipinski definition) is 1. The monoisotopic (exact) mass is 448 g/mol. The number of benzene rings is 2. The fourth-order valence-electron chi connectivity index (χ4n) is 3.43. The van der Waals surface area contributed by atoms with E-state index in [2.05, 4.69) is 10.3 Å². The number of hydrogen-bond acceptors (Lipinski definition) is 7. The van der Waals surface area contributed by atoms with E-state index in [1.165, 1.54) is 0 Å². The summed E-state index contributed by atoms with van der Waals surface area (Å²) in [6.07, 6.45) is 0.208. The fourth-order valence-corrected chi connectivity index (χ4v) is 4.36. The van der Waals surface area contributed by atoms with Crippen LogP contribution in [0.2, 0.25) is 0 Å². The summed E-state index contributed by atoms with van der Waals surface area (Å²) in [7, 11) is 0. The van der Waals surface area contributed by atoms with Gasteiger partial charge in [-0.2, -0.15) is 0 Å². The molecule has 8 heteroatoms. The maximum Gasteiger partial charge on any atom is 0.220 e. The Morgan fingerprint density at radius 3 is 2.69 bits per heavy atom. The molecule has 7 nitrogen and oxygen atoms in total. The zero-order valence-corrected chi connectivity index (χ0v) is 17.9. The molecular weight excluding hydrogens is 428 g/mol. The molecule has 0 bridgehead atoms. The zero-order chi connectivity index (χ0) is 21.9. The molecule has 162 valence electrons. The van der Waals surface area contributed by atoms with Crippen LogP contribution in [0.5, 0.6) is 11.5 Å². The van der Waals surface area contributed by atoms with Gasteiger partial charge >= 0.3 is 0 Å². The number of thiazole rings is 1. The van der Waals surface area contributed by atoms with Crippen LogP contribution in [0.4, 0.5) is 0 Å². The first kappa shape index (κ1) is 20.3. The number of ether oxygens (including phenoxy) is 2. The number of carbonyl (C=O) groups excluding carboxylic acids is 2. The number of fused-ring (bicyclic) bond motifs is 2. The van der Waals surface area contributed by atoms with Crippen molar-refractivity contribution in [2.75, 3.05) is 13.2 Å². The Labute approximate surface area is 188 Å². The predicted octanol–water partition coefficient (Wildman–Crippen LogP) is 4.61. The summed E-state index contributed by atoms with van der Waals surface area (Å²) in [6.45, 7) is 1.21. The van der Waals surface area contributed by atoms with Crippen LogP contribution >= 0.6 is 11.3 Å². The molecule has 0 spiro atoms. The van der Waals surface area contributed by atoms with E-state index in [-0.39, 0.29) is 31.1 Å². The van der Waals surface area contributed by atoms with Crippen LogP contribution in [0, 0.1) is 0 Å². The Morgan fingerprint density at radius 2 is 1.81 bits per heavy atom. The number of rotatable bonds is 7. The van der Waals surface area contributed by atoms with Gasteiger partial charge in [0.25, 0.3) is 0 Å². The first-order valence-corrected chi connectivity index (χ1v) is 11.1. The molecule has 32 heavy (non-hydrogen) atoms. The topological polar surface area (TPSA) is 90.7 Å². The van der Waals surface area contributed by atoms with Gasteiger partial charge in [0.05, 0.1) is 16.8 Å². The molecule has 1 amide bonds. The van der Waals surface area contributed by atoms with Gasteiger partial charge in [-0.15, -0.1) is 11.3 Å². The molecule has 0 radical (unpaired) electrons. The molecule has 3 heterocycles. The van der Waals surface area contributed by atoms with Crippen LogP contribution in [-0.2, 0) is 11.3 Å². The number of nitrogens with zero attached hydrogens (tertiary/aromatic N) is 1. The van der Waals surface area contributed by atoms with Crippen molar-refractivity contribution < 1.29 is 23.5 Å². The maximum atomic E-state index is 12.4. The zero-order valence-electron chi connectivity index (χ0n) is 17.1. The largest absolute Gasteiger partial charge is 0.486 e. The van der Waals surface area contributed by atoms with Crippen LogP contribution < -0.4 is 14.8 Å². The van der Waals surface area contributed by atoms with Crippen molar-refractivity contribution in [1.29, 1.82) is 0 Å². The number of carbonyl (C=O) groups is 2. The smallest absolute Gasteiger partial charge is 0.220 e. The number of para-hydroxylation sites is 1. The quantitative estimate of drug-likeness (QED) is 0.415. The Morgan fingerprint density at radius 1 is 0.969 bits per heavy atom. The molecule has 4 aromatic rings. The summed E-state index contributed by atoms with van der Waals surface area (Å²) in [5.41, 5.74) is 1.44. The molecular formula is C24H20N2O5S. The average Bonchev–Trinajstić information content (AvgIpc) is 3.47. The van der Waals surface area contributed by atoms with Crippen molar-refractivity contribution in [2.24, 2.45) is 0 Å². The number of Topliss-reactive ketones (excluding diaryl/α,β-unsaturated/α-hetero) is 1. The molecule has 5 rings (SSSR count). The van der Waals surface area contributed by atoms with Gasteiger partial charge < -0.3 is 19.2 Å². The molecule has 0 saturated carbocycles. The third kappa shape index (κ3) is 4.36. The minimum Gasteiger partial charge on any atom is -0.486 e. The SMILES string of the molecule is O=C(CCC(=O)c1ccc2c(c1)OCCO2)NCc1ccc(-c2nc3ccccc3s2)o1. The molecule has 0 unspecified atom stereocenters. The summed E-state index contributed by atoms with van der Waals surface area (Å²) in [4.78, 5) is 29.2. The lowest BCUT2D eigenvalue weighted by atomic mass is 10.1. The second-order valence-corrected chi connectivity index (χ2v) is 8.34. The van der Waals surface area contributed by atoms with E-state index in [1.54, 1.807) is 29.5 Å². The minimum atomic E-state index is -0.214. The second kappa shape index (κ2) is 8.84. The van der Waals surface area contributed by atoms with Crippen LogP contribution in [0.1, 0.15) is 29.0 Å². The summed E-state index contributed by atoms with van der Waals surface area (Å²) in [6, 6.07) is 16.7. The molecule has 0 saturated heterocycles. The van der Waals surface area contributed by atoms with E-state index in [0.717, 1.165) is 15.2 Å². The van der Waals surface area contributed by atoms with E-state index in [0.29, 0.717) is 41.8 Å². The predicted molar refractivity (Wildman–Crippen MR) is 120 cm³/mol. The summed E-state index contributed by atoms with van der Waals surface area (Å²) in [5, 5.41) is 3.60. The highest BCUT2D eigenvalue weighted by Crippen LogP contribution is 2.32. The summed E-state index contributed by atoms with van der Waals surface area (Å²) in [5.74, 6) is 2.17. The summed E-state index contributed by atoms with van der Waals surface area (Å²) >= 11 is 1.56. The molecule has 1 aliphatic rings. The van der Waals surface area contributed by atoms with E-state index in [9.17, 15) is 9.59 Å². The number of ketones is 1. The van der Waals surface area contributed by atoms with E-state index >= 15 is 0 Å². The fraction of sp³-hybridized carbons (Fsp3) is 0.208. The highest BCUT2D eigenvalue weighted by Gasteiger charge is 2.16.